The fraction of sp³-hybridized carbons (Fsp3) is 0.682. The summed E-state index contributed by atoms with van der Waals surface area (Å²) in [6, 6.07) is 0.255. The van der Waals surface area contributed by atoms with Crippen LogP contribution in [-0.2, 0) is 13.0 Å². The molecule has 6 nitrogen and oxygen atoms in total. The van der Waals surface area contributed by atoms with E-state index in [1.807, 2.05) is 4.57 Å². The summed E-state index contributed by atoms with van der Waals surface area (Å²) in [5.41, 5.74) is 2.83. The molecular formula is C22H32N4O2. The Morgan fingerprint density at radius 1 is 1.04 bits per heavy atom. The van der Waals surface area contributed by atoms with E-state index < -0.39 is 0 Å². The van der Waals surface area contributed by atoms with Crippen molar-refractivity contribution in [3.05, 3.63) is 28.9 Å². The maximum absolute atomic E-state index is 12.8. The summed E-state index contributed by atoms with van der Waals surface area (Å²) >= 11 is 0. The number of amides is 2. The third kappa shape index (κ3) is 4.31. The monoisotopic (exact) mass is 384 g/mol. The number of imidazole rings is 1. The first-order valence-electron chi connectivity index (χ1n) is 11.1. The molecule has 1 aromatic heterocycles. The molecule has 0 spiro atoms. The van der Waals surface area contributed by atoms with E-state index in [1.54, 1.807) is 0 Å². The molecule has 2 heterocycles. The first-order chi connectivity index (χ1) is 13.7. The third-order valence-corrected chi connectivity index (χ3v) is 6.34. The van der Waals surface area contributed by atoms with Gasteiger partial charge in [0.25, 0.3) is 11.8 Å². The molecule has 4 rings (SSSR count). The Kier molecular flexibility index (Phi) is 6.13. The molecule has 6 heteroatoms. The van der Waals surface area contributed by atoms with E-state index in [9.17, 15) is 9.59 Å². The van der Waals surface area contributed by atoms with Crippen LogP contribution >= 0.6 is 0 Å². The van der Waals surface area contributed by atoms with Gasteiger partial charge in [-0.3, -0.25) is 9.59 Å². The molecule has 1 saturated carbocycles. The number of hydrogen-bond donors (Lipinski definition) is 2. The van der Waals surface area contributed by atoms with Crippen LogP contribution in [0.25, 0.3) is 0 Å². The van der Waals surface area contributed by atoms with Crippen LogP contribution in [0.5, 0.6) is 0 Å². The van der Waals surface area contributed by atoms with Crippen molar-refractivity contribution in [1.29, 1.82) is 0 Å². The zero-order chi connectivity index (χ0) is 19.3. The van der Waals surface area contributed by atoms with E-state index in [1.165, 1.54) is 31.3 Å². The number of nitrogens with one attached hydrogen (secondary N) is 2. The molecule has 28 heavy (non-hydrogen) atoms. The van der Waals surface area contributed by atoms with Crippen molar-refractivity contribution in [1.82, 2.24) is 20.2 Å². The van der Waals surface area contributed by atoms with Crippen molar-refractivity contribution < 1.29 is 9.59 Å². The Morgan fingerprint density at radius 2 is 1.86 bits per heavy atom. The van der Waals surface area contributed by atoms with E-state index in [2.05, 4.69) is 21.7 Å². The number of hydrogen-bond acceptors (Lipinski definition) is 3. The highest BCUT2D eigenvalue weighted by Gasteiger charge is 2.28. The van der Waals surface area contributed by atoms with Crippen LogP contribution in [0.15, 0.2) is 11.6 Å². The lowest BCUT2D eigenvalue weighted by Crippen LogP contribution is -2.35. The molecule has 3 aliphatic rings. The van der Waals surface area contributed by atoms with Gasteiger partial charge >= 0.3 is 0 Å². The number of nitrogens with zero attached hydrogens (tertiary/aromatic N) is 2. The molecule has 152 valence electrons. The highest BCUT2D eigenvalue weighted by atomic mass is 16.2. The molecule has 0 aromatic carbocycles. The number of carbonyl (C=O) groups is 2. The Balaban J connectivity index is 1.43. The van der Waals surface area contributed by atoms with Crippen LogP contribution in [0.1, 0.15) is 97.4 Å². The van der Waals surface area contributed by atoms with Gasteiger partial charge in [0.05, 0.1) is 5.69 Å². The molecule has 2 amide bonds. The fourth-order valence-corrected chi connectivity index (χ4v) is 4.77. The minimum atomic E-state index is -0.137. The SMILES string of the molecule is O=C(NCCC1=CCCCC1)c1nc(C(=O)NC2CCCC2)n2c1CCCC2. The third-order valence-electron chi connectivity index (χ3n) is 6.34. The number of aromatic nitrogens is 2. The molecule has 0 bridgehead atoms. The van der Waals surface area contributed by atoms with E-state index in [4.69, 9.17) is 0 Å². The van der Waals surface area contributed by atoms with Gasteiger partial charge < -0.3 is 15.2 Å². The first kappa shape index (κ1) is 19.2. The van der Waals surface area contributed by atoms with Crippen molar-refractivity contribution in [3.63, 3.8) is 0 Å². The summed E-state index contributed by atoms with van der Waals surface area (Å²) in [6.07, 6.45) is 15.4. The van der Waals surface area contributed by atoms with E-state index in [-0.39, 0.29) is 17.9 Å². The van der Waals surface area contributed by atoms with Gasteiger partial charge in [-0.15, -0.1) is 0 Å². The van der Waals surface area contributed by atoms with Gasteiger partial charge in [0.1, 0.15) is 5.69 Å². The van der Waals surface area contributed by atoms with Crippen molar-refractivity contribution in [3.8, 4) is 0 Å². The second kappa shape index (κ2) is 8.93. The minimum Gasteiger partial charge on any atom is -0.350 e. The molecule has 0 saturated heterocycles. The van der Waals surface area contributed by atoms with Crippen molar-refractivity contribution in [2.75, 3.05) is 6.54 Å². The Morgan fingerprint density at radius 3 is 2.64 bits per heavy atom. The summed E-state index contributed by atoms with van der Waals surface area (Å²) in [4.78, 5) is 30.1. The van der Waals surface area contributed by atoms with Gasteiger partial charge in [-0.05, 0) is 64.2 Å². The fourth-order valence-electron chi connectivity index (χ4n) is 4.77. The van der Waals surface area contributed by atoms with Crippen molar-refractivity contribution in [2.45, 2.75) is 89.6 Å². The maximum Gasteiger partial charge on any atom is 0.287 e. The summed E-state index contributed by atoms with van der Waals surface area (Å²) in [5.74, 6) is 0.158. The van der Waals surface area contributed by atoms with Gasteiger partial charge in [-0.1, -0.05) is 24.5 Å². The molecular weight excluding hydrogens is 352 g/mol. The summed E-state index contributed by atoms with van der Waals surface area (Å²) < 4.78 is 1.98. The smallest absolute Gasteiger partial charge is 0.287 e. The predicted molar refractivity (Wildman–Crippen MR) is 108 cm³/mol. The highest BCUT2D eigenvalue weighted by Crippen LogP contribution is 2.23. The van der Waals surface area contributed by atoms with Crippen LogP contribution in [0, 0.1) is 0 Å². The summed E-state index contributed by atoms with van der Waals surface area (Å²) in [6.45, 7) is 1.41. The summed E-state index contributed by atoms with van der Waals surface area (Å²) in [5, 5.41) is 6.16. The predicted octanol–water partition coefficient (Wildman–Crippen LogP) is 3.51. The lowest BCUT2D eigenvalue weighted by molar-refractivity contribution is 0.0921. The second-order valence-corrected chi connectivity index (χ2v) is 8.41. The first-order valence-corrected chi connectivity index (χ1v) is 11.1. The Labute approximate surface area is 167 Å². The molecule has 0 atom stereocenters. The number of fused-ring (bicyclic) bond motifs is 1. The average molecular weight is 385 g/mol. The van der Waals surface area contributed by atoms with E-state index in [0.717, 1.165) is 63.6 Å². The van der Waals surface area contributed by atoms with Gasteiger partial charge in [-0.25, -0.2) is 4.98 Å². The molecule has 1 fully saturated rings. The summed E-state index contributed by atoms with van der Waals surface area (Å²) in [7, 11) is 0. The van der Waals surface area contributed by atoms with E-state index >= 15 is 0 Å². The van der Waals surface area contributed by atoms with Crippen molar-refractivity contribution >= 4 is 11.8 Å². The standard InChI is InChI=1S/C22H32N4O2/c27-21(23-14-13-16-8-2-1-3-9-16)19-18-12-6-7-15-26(18)20(25-19)22(28)24-17-10-4-5-11-17/h8,17H,1-7,9-15H2,(H,23,27)(H,24,28). The van der Waals surface area contributed by atoms with Crippen LogP contribution < -0.4 is 10.6 Å². The van der Waals surface area contributed by atoms with Crippen LogP contribution in [0.2, 0.25) is 0 Å². The lowest BCUT2D eigenvalue weighted by Gasteiger charge is -2.18. The zero-order valence-electron chi connectivity index (χ0n) is 16.8. The average Bonchev–Trinajstić information content (AvgIpc) is 3.36. The minimum absolute atomic E-state index is 0.124. The molecule has 0 radical (unpaired) electrons. The zero-order valence-corrected chi connectivity index (χ0v) is 16.8. The van der Waals surface area contributed by atoms with Gasteiger partial charge in [0.2, 0.25) is 0 Å². The maximum atomic E-state index is 12.8. The van der Waals surface area contributed by atoms with Gasteiger partial charge in [-0.2, -0.15) is 0 Å². The van der Waals surface area contributed by atoms with E-state index in [0.29, 0.717) is 18.1 Å². The normalized spacial score (nSPS) is 19.8. The van der Waals surface area contributed by atoms with Crippen molar-refractivity contribution in [2.24, 2.45) is 0 Å². The number of allylic oxidation sites excluding steroid dienone is 1. The number of carbonyl (C=O) groups excluding carboxylic acids is 2. The van der Waals surface area contributed by atoms with Crippen LogP contribution in [0.4, 0.5) is 0 Å². The highest BCUT2D eigenvalue weighted by molar-refractivity contribution is 5.97. The molecule has 2 N–H and O–H groups in total. The number of rotatable bonds is 6. The quantitative estimate of drug-likeness (QED) is 0.737. The second-order valence-electron chi connectivity index (χ2n) is 8.41. The Hall–Kier alpha value is -2.11. The molecule has 1 aliphatic heterocycles. The topological polar surface area (TPSA) is 76.0 Å². The van der Waals surface area contributed by atoms with Gasteiger partial charge in [0.15, 0.2) is 5.82 Å². The van der Waals surface area contributed by atoms with Crippen LogP contribution in [0.3, 0.4) is 0 Å². The largest absolute Gasteiger partial charge is 0.350 e. The van der Waals surface area contributed by atoms with Crippen LogP contribution in [-0.4, -0.2) is 34.0 Å². The van der Waals surface area contributed by atoms with Gasteiger partial charge in [0, 0.05) is 19.1 Å². The lowest BCUT2D eigenvalue weighted by atomic mass is 9.97. The molecule has 1 aromatic rings. The molecule has 2 aliphatic carbocycles. The Bertz CT molecular complexity index is 759. The molecule has 0 unspecified atom stereocenters.